The monoisotopic (exact) mass is 321 g/mol. The summed E-state index contributed by atoms with van der Waals surface area (Å²) in [5.74, 6) is 1.34. The topological polar surface area (TPSA) is 54.9 Å². The molecule has 0 aliphatic rings. The first-order chi connectivity index (χ1) is 10.2. The van der Waals surface area contributed by atoms with E-state index in [1.165, 1.54) is 0 Å². The van der Waals surface area contributed by atoms with Crippen molar-refractivity contribution in [3.8, 4) is 0 Å². The van der Waals surface area contributed by atoms with Crippen molar-refractivity contribution in [3.05, 3.63) is 46.2 Å². The van der Waals surface area contributed by atoms with Crippen molar-refractivity contribution in [1.82, 2.24) is 15.3 Å². The number of carbonyl (C=O) groups is 1. The summed E-state index contributed by atoms with van der Waals surface area (Å²) in [6.07, 6.45) is 3.64. The number of thioether (sulfide) groups is 1. The quantitative estimate of drug-likeness (QED) is 0.760. The van der Waals surface area contributed by atoms with Crippen molar-refractivity contribution in [1.29, 1.82) is 0 Å². The molecule has 2 aromatic heterocycles. The second-order valence-corrected chi connectivity index (χ2v) is 6.58. The number of aryl methyl sites for hydroxylation is 2. The van der Waals surface area contributed by atoms with E-state index in [1.54, 1.807) is 29.3 Å². The Morgan fingerprint density at radius 1 is 1.43 bits per heavy atom. The predicted octanol–water partition coefficient (Wildman–Crippen LogP) is 2.83. The van der Waals surface area contributed by atoms with Gasteiger partial charge in [-0.2, -0.15) is 0 Å². The first kappa shape index (κ1) is 16.0. The van der Waals surface area contributed by atoms with E-state index in [4.69, 9.17) is 0 Å². The number of thiazole rings is 1. The van der Waals surface area contributed by atoms with Gasteiger partial charge in [0.2, 0.25) is 5.91 Å². The zero-order valence-corrected chi connectivity index (χ0v) is 13.7. The molecular formula is C15H19N3OS2. The summed E-state index contributed by atoms with van der Waals surface area (Å²) >= 11 is 3.27. The third-order valence-corrected chi connectivity index (χ3v) is 4.76. The molecule has 0 atom stereocenters. The van der Waals surface area contributed by atoms with E-state index in [1.807, 2.05) is 25.1 Å². The standard InChI is InChI=1S/C15H19N3OS2/c1-12-9-21-15(18-12)6-4-8-17-14(19)11-20-10-13-5-2-3-7-16-13/h2-3,5,7,9H,4,6,8,10-11H2,1H3,(H,17,19). The lowest BCUT2D eigenvalue weighted by Gasteiger charge is -2.04. The number of nitrogens with one attached hydrogen (secondary N) is 1. The molecule has 2 aromatic rings. The van der Waals surface area contributed by atoms with Gasteiger partial charge in [-0.3, -0.25) is 9.78 Å². The molecule has 0 aromatic carbocycles. The summed E-state index contributed by atoms with van der Waals surface area (Å²) in [5.41, 5.74) is 2.08. The number of carbonyl (C=O) groups excluding carboxylic acids is 1. The first-order valence-corrected chi connectivity index (χ1v) is 8.93. The number of hydrogen-bond donors (Lipinski definition) is 1. The van der Waals surface area contributed by atoms with Gasteiger partial charge in [-0.15, -0.1) is 23.1 Å². The lowest BCUT2D eigenvalue weighted by Crippen LogP contribution is -2.26. The first-order valence-electron chi connectivity index (χ1n) is 6.89. The molecule has 21 heavy (non-hydrogen) atoms. The maximum absolute atomic E-state index is 11.7. The summed E-state index contributed by atoms with van der Waals surface area (Å²) < 4.78 is 0. The zero-order chi connectivity index (χ0) is 14.9. The number of pyridine rings is 1. The van der Waals surface area contributed by atoms with Crippen LogP contribution < -0.4 is 5.32 Å². The molecule has 0 spiro atoms. The molecular weight excluding hydrogens is 302 g/mol. The van der Waals surface area contributed by atoms with Crippen LogP contribution in [0.25, 0.3) is 0 Å². The van der Waals surface area contributed by atoms with Crippen LogP contribution in [-0.4, -0.2) is 28.2 Å². The Balaban J connectivity index is 1.53. The Labute approximate surface area is 133 Å². The lowest BCUT2D eigenvalue weighted by molar-refractivity contribution is -0.118. The fraction of sp³-hybridized carbons (Fsp3) is 0.400. The summed E-state index contributed by atoms with van der Waals surface area (Å²) in [6.45, 7) is 2.71. The minimum atomic E-state index is 0.0891. The summed E-state index contributed by atoms with van der Waals surface area (Å²) in [6, 6.07) is 5.83. The highest BCUT2D eigenvalue weighted by atomic mass is 32.2. The van der Waals surface area contributed by atoms with Crippen molar-refractivity contribution in [3.63, 3.8) is 0 Å². The van der Waals surface area contributed by atoms with Gasteiger partial charge < -0.3 is 5.32 Å². The normalized spacial score (nSPS) is 10.5. The smallest absolute Gasteiger partial charge is 0.230 e. The highest BCUT2D eigenvalue weighted by molar-refractivity contribution is 7.99. The Kier molecular flexibility index (Phi) is 6.69. The number of amides is 1. The second kappa shape index (κ2) is 8.79. The van der Waals surface area contributed by atoms with Crippen molar-refractivity contribution in [2.75, 3.05) is 12.3 Å². The average molecular weight is 321 g/mol. The van der Waals surface area contributed by atoms with Gasteiger partial charge in [0.15, 0.2) is 0 Å². The van der Waals surface area contributed by atoms with Gasteiger partial charge >= 0.3 is 0 Å². The largest absolute Gasteiger partial charge is 0.355 e. The third-order valence-electron chi connectivity index (χ3n) is 2.77. The van der Waals surface area contributed by atoms with Crippen molar-refractivity contribution in [2.24, 2.45) is 0 Å². The van der Waals surface area contributed by atoms with Crippen molar-refractivity contribution < 1.29 is 4.79 Å². The summed E-state index contributed by atoms with van der Waals surface area (Å²) in [4.78, 5) is 20.3. The van der Waals surface area contributed by atoms with E-state index >= 15 is 0 Å². The molecule has 0 bridgehead atoms. The van der Waals surface area contributed by atoms with Crippen LogP contribution in [0.3, 0.4) is 0 Å². The molecule has 0 fully saturated rings. The minimum absolute atomic E-state index is 0.0891. The lowest BCUT2D eigenvalue weighted by atomic mass is 10.3. The molecule has 1 amide bonds. The molecule has 0 radical (unpaired) electrons. The Hall–Kier alpha value is -1.40. The highest BCUT2D eigenvalue weighted by Gasteiger charge is 2.03. The van der Waals surface area contributed by atoms with Gasteiger partial charge in [0.1, 0.15) is 0 Å². The molecule has 2 heterocycles. The van der Waals surface area contributed by atoms with Gasteiger partial charge in [-0.05, 0) is 25.5 Å². The van der Waals surface area contributed by atoms with Crippen LogP contribution in [0.4, 0.5) is 0 Å². The average Bonchev–Trinajstić information content (AvgIpc) is 2.90. The van der Waals surface area contributed by atoms with Crippen LogP contribution in [0.5, 0.6) is 0 Å². The molecule has 0 saturated carbocycles. The van der Waals surface area contributed by atoms with Gasteiger partial charge in [-0.25, -0.2) is 4.98 Å². The maximum atomic E-state index is 11.7. The van der Waals surface area contributed by atoms with Gasteiger partial charge in [-0.1, -0.05) is 6.07 Å². The molecule has 0 unspecified atom stereocenters. The van der Waals surface area contributed by atoms with Crippen LogP contribution in [0.15, 0.2) is 29.8 Å². The highest BCUT2D eigenvalue weighted by Crippen LogP contribution is 2.11. The Morgan fingerprint density at radius 3 is 3.05 bits per heavy atom. The molecule has 2 rings (SSSR count). The van der Waals surface area contributed by atoms with Crippen molar-refractivity contribution >= 4 is 29.0 Å². The van der Waals surface area contributed by atoms with Crippen LogP contribution in [0, 0.1) is 6.92 Å². The maximum Gasteiger partial charge on any atom is 0.230 e. The summed E-state index contributed by atoms with van der Waals surface area (Å²) in [5, 5.41) is 6.15. The molecule has 0 aliphatic carbocycles. The van der Waals surface area contributed by atoms with Gasteiger partial charge in [0.05, 0.1) is 16.5 Å². The predicted molar refractivity (Wildman–Crippen MR) is 88.6 cm³/mol. The van der Waals surface area contributed by atoms with E-state index in [2.05, 4.69) is 20.7 Å². The third kappa shape index (κ3) is 6.27. The van der Waals surface area contributed by atoms with E-state index in [-0.39, 0.29) is 5.91 Å². The van der Waals surface area contributed by atoms with Crippen LogP contribution in [0.1, 0.15) is 22.8 Å². The summed E-state index contributed by atoms with van der Waals surface area (Å²) in [7, 11) is 0. The van der Waals surface area contributed by atoms with Gasteiger partial charge in [0, 0.05) is 36.0 Å². The van der Waals surface area contributed by atoms with E-state index < -0.39 is 0 Å². The fourth-order valence-corrected chi connectivity index (χ4v) is 3.36. The van der Waals surface area contributed by atoms with Gasteiger partial charge in [0.25, 0.3) is 0 Å². The van der Waals surface area contributed by atoms with Crippen LogP contribution in [0.2, 0.25) is 0 Å². The molecule has 0 aliphatic heterocycles. The van der Waals surface area contributed by atoms with Crippen molar-refractivity contribution in [2.45, 2.75) is 25.5 Å². The zero-order valence-electron chi connectivity index (χ0n) is 12.0. The Morgan fingerprint density at radius 2 is 2.33 bits per heavy atom. The molecule has 0 saturated heterocycles. The van der Waals surface area contributed by atoms with Crippen LogP contribution in [-0.2, 0) is 17.0 Å². The van der Waals surface area contributed by atoms with E-state index in [0.717, 1.165) is 35.0 Å². The number of rotatable bonds is 8. The minimum Gasteiger partial charge on any atom is -0.355 e. The number of hydrogen-bond acceptors (Lipinski definition) is 5. The Bertz CT molecular complexity index is 557. The number of nitrogens with zero attached hydrogens (tertiary/aromatic N) is 2. The second-order valence-electron chi connectivity index (χ2n) is 4.65. The molecule has 1 N–H and O–H groups in total. The number of aromatic nitrogens is 2. The molecule has 6 heteroatoms. The van der Waals surface area contributed by atoms with E-state index in [0.29, 0.717) is 12.3 Å². The van der Waals surface area contributed by atoms with E-state index in [9.17, 15) is 4.79 Å². The van der Waals surface area contributed by atoms with Crippen LogP contribution >= 0.6 is 23.1 Å². The fourth-order valence-electron chi connectivity index (χ4n) is 1.77. The SMILES string of the molecule is Cc1csc(CCCNC(=O)CSCc2ccccn2)n1. The molecule has 4 nitrogen and oxygen atoms in total. The molecule has 112 valence electrons.